The predicted octanol–water partition coefficient (Wildman–Crippen LogP) is 2.46. The molecule has 0 fully saturated rings. The fourth-order valence-corrected chi connectivity index (χ4v) is 1.60. The lowest BCUT2D eigenvalue weighted by Crippen LogP contribution is -2.06. The number of pyridine rings is 1. The molecule has 0 saturated carbocycles. The minimum atomic E-state index is -0.328. The molecule has 0 bridgehead atoms. The number of nitrogens with two attached hydrogens (primary N) is 1. The molecule has 0 radical (unpaired) electrons. The van der Waals surface area contributed by atoms with Crippen LogP contribution in [-0.4, -0.2) is 11.5 Å². The molecular formula is C13H14FN3. The first-order valence-corrected chi connectivity index (χ1v) is 5.44. The van der Waals surface area contributed by atoms with Gasteiger partial charge in [0.05, 0.1) is 0 Å². The minimum Gasteiger partial charge on any atom is -0.399 e. The molecule has 0 aliphatic carbocycles. The molecule has 4 heteroatoms. The van der Waals surface area contributed by atoms with Crippen LogP contribution in [0.1, 0.15) is 5.69 Å². The zero-order chi connectivity index (χ0) is 12.1. The standard InChI is InChI=1S/C13H14FN3/c14-10-7-11(15)9-13(8-10)17-6-4-12-3-1-2-5-16-12/h1-3,5,7-9,17H,4,6,15H2. The van der Waals surface area contributed by atoms with E-state index >= 15 is 0 Å². The highest BCUT2D eigenvalue weighted by Gasteiger charge is 1.98. The van der Waals surface area contributed by atoms with Crippen LogP contribution in [0, 0.1) is 5.82 Å². The maximum atomic E-state index is 13.0. The van der Waals surface area contributed by atoms with E-state index in [-0.39, 0.29) is 5.82 Å². The second kappa shape index (κ2) is 5.30. The summed E-state index contributed by atoms with van der Waals surface area (Å²) in [4.78, 5) is 4.21. The first-order chi connectivity index (χ1) is 8.24. The van der Waals surface area contributed by atoms with Crippen molar-refractivity contribution in [2.24, 2.45) is 0 Å². The Bertz CT molecular complexity index is 465. The van der Waals surface area contributed by atoms with Crippen LogP contribution >= 0.6 is 0 Å². The van der Waals surface area contributed by atoms with Crippen molar-refractivity contribution in [3.05, 3.63) is 54.1 Å². The second-order valence-electron chi connectivity index (χ2n) is 3.77. The zero-order valence-corrected chi connectivity index (χ0v) is 9.36. The Labute approximate surface area is 99.5 Å². The number of benzene rings is 1. The number of anilines is 2. The molecule has 0 aliphatic heterocycles. The van der Waals surface area contributed by atoms with Gasteiger partial charge >= 0.3 is 0 Å². The molecular weight excluding hydrogens is 217 g/mol. The van der Waals surface area contributed by atoms with Gasteiger partial charge in [-0.3, -0.25) is 4.98 Å². The average molecular weight is 231 g/mol. The highest BCUT2D eigenvalue weighted by atomic mass is 19.1. The summed E-state index contributed by atoms with van der Waals surface area (Å²) in [5, 5.41) is 3.11. The van der Waals surface area contributed by atoms with Crippen molar-refractivity contribution in [1.29, 1.82) is 0 Å². The van der Waals surface area contributed by atoms with Crippen LogP contribution in [-0.2, 0) is 6.42 Å². The summed E-state index contributed by atoms with van der Waals surface area (Å²) in [6.07, 6.45) is 2.55. The number of nitrogens with zero attached hydrogens (tertiary/aromatic N) is 1. The Morgan fingerprint density at radius 2 is 2.12 bits per heavy atom. The van der Waals surface area contributed by atoms with Crippen LogP contribution in [0.5, 0.6) is 0 Å². The Morgan fingerprint density at radius 1 is 1.24 bits per heavy atom. The molecule has 1 heterocycles. The van der Waals surface area contributed by atoms with Crippen LogP contribution in [0.15, 0.2) is 42.6 Å². The van der Waals surface area contributed by atoms with Crippen LogP contribution in [0.3, 0.4) is 0 Å². The molecule has 0 amide bonds. The number of nitrogens with one attached hydrogen (secondary N) is 1. The molecule has 3 nitrogen and oxygen atoms in total. The third-order valence-corrected chi connectivity index (χ3v) is 2.36. The Kier molecular flexibility index (Phi) is 3.55. The first kappa shape index (κ1) is 11.4. The number of rotatable bonds is 4. The molecule has 17 heavy (non-hydrogen) atoms. The van der Waals surface area contributed by atoms with Gasteiger partial charge < -0.3 is 11.1 Å². The minimum absolute atomic E-state index is 0.328. The lowest BCUT2D eigenvalue weighted by molar-refractivity contribution is 0.629. The van der Waals surface area contributed by atoms with Gasteiger partial charge in [0.25, 0.3) is 0 Å². The molecule has 0 spiro atoms. The maximum Gasteiger partial charge on any atom is 0.127 e. The van der Waals surface area contributed by atoms with Gasteiger partial charge in [-0.25, -0.2) is 4.39 Å². The van der Waals surface area contributed by atoms with Crippen LogP contribution in [0.2, 0.25) is 0 Å². The van der Waals surface area contributed by atoms with Crippen molar-refractivity contribution >= 4 is 11.4 Å². The monoisotopic (exact) mass is 231 g/mol. The molecule has 0 aliphatic rings. The topological polar surface area (TPSA) is 50.9 Å². The molecule has 0 unspecified atom stereocenters. The van der Waals surface area contributed by atoms with Crippen molar-refractivity contribution < 1.29 is 4.39 Å². The molecule has 3 N–H and O–H groups in total. The third-order valence-electron chi connectivity index (χ3n) is 2.36. The summed E-state index contributed by atoms with van der Waals surface area (Å²) in [5.41, 5.74) is 7.67. The summed E-state index contributed by atoms with van der Waals surface area (Å²) in [6.45, 7) is 0.694. The van der Waals surface area contributed by atoms with Crippen molar-refractivity contribution in [2.45, 2.75) is 6.42 Å². The molecule has 88 valence electrons. The van der Waals surface area contributed by atoms with Crippen LogP contribution in [0.4, 0.5) is 15.8 Å². The van der Waals surface area contributed by atoms with Gasteiger partial charge in [-0.2, -0.15) is 0 Å². The summed E-state index contributed by atoms with van der Waals surface area (Å²) in [7, 11) is 0. The van der Waals surface area contributed by atoms with E-state index in [1.807, 2.05) is 18.2 Å². The highest BCUT2D eigenvalue weighted by molar-refractivity contribution is 5.54. The molecule has 2 aromatic rings. The first-order valence-electron chi connectivity index (χ1n) is 5.44. The number of halogens is 1. The van der Waals surface area contributed by atoms with E-state index in [1.165, 1.54) is 12.1 Å². The van der Waals surface area contributed by atoms with E-state index in [9.17, 15) is 4.39 Å². The largest absolute Gasteiger partial charge is 0.399 e. The van der Waals surface area contributed by atoms with Crippen LogP contribution < -0.4 is 11.1 Å². The summed E-state index contributed by atoms with van der Waals surface area (Å²) in [5.74, 6) is -0.328. The van der Waals surface area contributed by atoms with E-state index in [4.69, 9.17) is 5.73 Å². The third kappa shape index (κ3) is 3.45. The number of nitrogen functional groups attached to an aromatic ring is 1. The molecule has 1 aromatic carbocycles. The maximum absolute atomic E-state index is 13.0. The van der Waals surface area contributed by atoms with Gasteiger partial charge in [0, 0.05) is 36.2 Å². The van der Waals surface area contributed by atoms with Gasteiger partial charge in [0.15, 0.2) is 0 Å². The second-order valence-corrected chi connectivity index (χ2v) is 3.77. The van der Waals surface area contributed by atoms with Gasteiger partial charge in [-0.15, -0.1) is 0 Å². The molecule has 2 rings (SSSR count). The van der Waals surface area contributed by atoms with Gasteiger partial charge in [0.2, 0.25) is 0 Å². The Hall–Kier alpha value is -2.10. The Morgan fingerprint density at radius 3 is 2.82 bits per heavy atom. The highest BCUT2D eigenvalue weighted by Crippen LogP contribution is 2.15. The SMILES string of the molecule is Nc1cc(F)cc(NCCc2ccccn2)c1. The number of hydrogen-bond donors (Lipinski definition) is 2. The number of hydrogen-bond acceptors (Lipinski definition) is 3. The Balaban J connectivity index is 1.90. The van der Waals surface area contributed by atoms with Crippen LogP contribution in [0.25, 0.3) is 0 Å². The molecule has 0 atom stereocenters. The molecule has 0 saturated heterocycles. The van der Waals surface area contributed by atoms with E-state index in [0.29, 0.717) is 17.9 Å². The van der Waals surface area contributed by atoms with E-state index in [0.717, 1.165) is 12.1 Å². The van der Waals surface area contributed by atoms with E-state index in [2.05, 4.69) is 10.3 Å². The normalized spacial score (nSPS) is 10.2. The lowest BCUT2D eigenvalue weighted by atomic mass is 10.2. The lowest BCUT2D eigenvalue weighted by Gasteiger charge is -2.07. The smallest absolute Gasteiger partial charge is 0.127 e. The van der Waals surface area contributed by atoms with Gasteiger partial charge in [0.1, 0.15) is 5.82 Å². The summed E-state index contributed by atoms with van der Waals surface area (Å²) in [6, 6.07) is 10.2. The van der Waals surface area contributed by atoms with Gasteiger partial charge in [-0.1, -0.05) is 6.07 Å². The van der Waals surface area contributed by atoms with Crippen molar-refractivity contribution in [3.8, 4) is 0 Å². The van der Waals surface area contributed by atoms with Crippen molar-refractivity contribution in [2.75, 3.05) is 17.6 Å². The van der Waals surface area contributed by atoms with Crippen molar-refractivity contribution in [3.63, 3.8) is 0 Å². The zero-order valence-electron chi connectivity index (χ0n) is 9.36. The summed E-state index contributed by atoms with van der Waals surface area (Å²) >= 11 is 0. The summed E-state index contributed by atoms with van der Waals surface area (Å²) < 4.78 is 13.0. The quantitative estimate of drug-likeness (QED) is 0.795. The molecule has 1 aromatic heterocycles. The fourth-order valence-electron chi connectivity index (χ4n) is 1.60. The predicted molar refractivity (Wildman–Crippen MR) is 67.2 cm³/mol. The average Bonchev–Trinajstić information content (AvgIpc) is 2.29. The van der Waals surface area contributed by atoms with Crippen molar-refractivity contribution in [1.82, 2.24) is 4.98 Å². The van der Waals surface area contributed by atoms with E-state index in [1.54, 1.807) is 12.3 Å². The van der Waals surface area contributed by atoms with E-state index < -0.39 is 0 Å². The number of aromatic nitrogens is 1. The fraction of sp³-hybridized carbons (Fsp3) is 0.154. The van der Waals surface area contributed by atoms with Gasteiger partial charge in [-0.05, 0) is 30.3 Å².